The maximum Gasteiger partial charge on any atom is 0.128 e. The number of rotatable bonds is 3. The third kappa shape index (κ3) is 2.27. The summed E-state index contributed by atoms with van der Waals surface area (Å²) in [6.45, 7) is 6.35. The highest BCUT2D eigenvalue weighted by molar-refractivity contribution is 5.48. The Labute approximate surface area is 127 Å². The Morgan fingerprint density at radius 2 is 2.10 bits per heavy atom. The van der Waals surface area contributed by atoms with Crippen molar-refractivity contribution in [2.75, 3.05) is 13.1 Å². The monoisotopic (exact) mass is 286 g/mol. The van der Waals surface area contributed by atoms with Crippen LogP contribution in [0.2, 0.25) is 0 Å². The number of ether oxygens (including phenoxy) is 1. The van der Waals surface area contributed by atoms with Crippen LogP contribution in [0.4, 0.5) is 0 Å². The summed E-state index contributed by atoms with van der Waals surface area (Å²) in [7, 11) is 0. The Kier molecular flexibility index (Phi) is 3.05. The third-order valence-corrected chi connectivity index (χ3v) is 5.32. The number of hydrogen-bond donors (Lipinski definition) is 1. The van der Waals surface area contributed by atoms with Gasteiger partial charge >= 0.3 is 0 Å². The van der Waals surface area contributed by atoms with E-state index >= 15 is 0 Å². The number of nitrogens with two attached hydrogens (primary N) is 1. The summed E-state index contributed by atoms with van der Waals surface area (Å²) in [5, 5.41) is 0. The predicted octanol–water partition coefficient (Wildman–Crippen LogP) is 2.88. The topological polar surface area (TPSA) is 38.5 Å². The molecular formula is C18H26N2O. The van der Waals surface area contributed by atoms with Crippen molar-refractivity contribution in [1.82, 2.24) is 4.90 Å². The molecular weight excluding hydrogens is 260 g/mol. The van der Waals surface area contributed by atoms with Crippen LogP contribution < -0.4 is 10.5 Å². The van der Waals surface area contributed by atoms with Gasteiger partial charge < -0.3 is 10.5 Å². The largest absolute Gasteiger partial charge is 0.487 e. The number of hydrogen-bond acceptors (Lipinski definition) is 3. The van der Waals surface area contributed by atoms with Gasteiger partial charge in [-0.05, 0) is 57.7 Å². The molecule has 2 N–H and O–H groups in total. The molecule has 3 heteroatoms. The summed E-state index contributed by atoms with van der Waals surface area (Å²) in [6.07, 6.45) is 4.95. The SMILES string of the molecule is CC1(C)Cc2cccc(C3C(CN)CCN3C3CC3)c2O1. The highest BCUT2D eigenvalue weighted by Gasteiger charge is 2.44. The van der Waals surface area contributed by atoms with E-state index in [-0.39, 0.29) is 5.60 Å². The van der Waals surface area contributed by atoms with Gasteiger partial charge in [0.15, 0.2) is 0 Å². The molecule has 2 heterocycles. The van der Waals surface area contributed by atoms with Gasteiger partial charge in [0.05, 0.1) is 0 Å². The van der Waals surface area contributed by atoms with Crippen molar-refractivity contribution in [2.24, 2.45) is 11.7 Å². The van der Waals surface area contributed by atoms with Gasteiger partial charge in [0.25, 0.3) is 0 Å². The number of nitrogens with zero attached hydrogens (tertiary/aromatic N) is 1. The van der Waals surface area contributed by atoms with E-state index in [0.29, 0.717) is 12.0 Å². The fraction of sp³-hybridized carbons (Fsp3) is 0.667. The molecule has 3 aliphatic rings. The first-order valence-corrected chi connectivity index (χ1v) is 8.36. The van der Waals surface area contributed by atoms with Crippen LogP contribution in [-0.2, 0) is 6.42 Å². The van der Waals surface area contributed by atoms with Crippen LogP contribution >= 0.6 is 0 Å². The minimum Gasteiger partial charge on any atom is -0.487 e. The fourth-order valence-corrected chi connectivity index (χ4v) is 4.25. The van der Waals surface area contributed by atoms with Gasteiger partial charge in [0.2, 0.25) is 0 Å². The molecule has 1 saturated carbocycles. The van der Waals surface area contributed by atoms with E-state index in [0.717, 1.165) is 24.8 Å². The van der Waals surface area contributed by atoms with E-state index in [2.05, 4.69) is 36.9 Å². The molecule has 3 nitrogen and oxygen atoms in total. The summed E-state index contributed by atoms with van der Waals surface area (Å²) in [6, 6.07) is 7.95. The van der Waals surface area contributed by atoms with Crippen LogP contribution in [0.15, 0.2) is 18.2 Å². The van der Waals surface area contributed by atoms with Gasteiger partial charge in [0, 0.05) is 24.1 Å². The summed E-state index contributed by atoms with van der Waals surface area (Å²) in [4.78, 5) is 2.70. The molecule has 2 atom stereocenters. The van der Waals surface area contributed by atoms with Gasteiger partial charge in [-0.1, -0.05) is 18.2 Å². The molecule has 0 amide bonds. The number of likely N-dealkylation sites (tertiary alicyclic amines) is 1. The lowest BCUT2D eigenvalue weighted by atomic mass is 9.91. The van der Waals surface area contributed by atoms with Gasteiger partial charge in [-0.15, -0.1) is 0 Å². The third-order valence-electron chi connectivity index (χ3n) is 5.32. The van der Waals surface area contributed by atoms with Gasteiger partial charge in [-0.2, -0.15) is 0 Å². The first kappa shape index (κ1) is 13.6. The second kappa shape index (κ2) is 4.72. The molecule has 0 bridgehead atoms. The van der Waals surface area contributed by atoms with Crippen molar-refractivity contribution >= 4 is 0 Å². The first-order chi connectivity index (χ1) is 10.1. The fourth-order valence-electron chi connectivity index (χ4n) is 4.25. The maximum atomic E-state index is 6.31. The molecule has 1 saturated heterocycles. The molecule has 21 heavy (non-hydrogen) atoms. The number of benzene rings is 1. The maximum absolute atomic E-state index is 6.31. The smallest absolute Gasteiger partial charge is 0.128 e. The molecule has 4 rings (SSSR count). The van der Waals surface area contributed by atoms with E-state index in [1.54, 1.807) is 0 Å². The predicted molar refractivity (Wildman–Crippen MR) is 84.5 cm³/mol. The first-order valence-electron chi connectivity index (χ1n) is 8.36. The number of para-hydroxylation sites is 1. The lowest BCUT2D eigenvalue weighted by molar-refractivity contribution is 0.132. The van der Waals surface area contributed by atoms with Gasteiger partial charge in [0.1, 0.15) is 11.4 Å². The molecule has 114 valence electrons. The minimum absolute atomic E-state index is 0.0698. The Morgan fingerprint density at radius 3 is 2.81 bits per heavy atom. The van der Waals surface area contributed by atoms with Crippen LogP contribution in [0.3, 0.4) is 0 Å². The van der Waals surface area contributed by atoms with E-state index in [4.69, 9.17) is 10.5 Å². The zero-order chi connectivity index (χ0) is 14.6. The van der Waals surface area contributed by atoms with Crippen LogP contribution in [0.1, 0.15) is 50.3 Å². The Balaban J connectivity index is 1.74. The second-order valence-corrected chi connectivity index (χ2v) is 7.57. The zero-order valence-electron chi connectivity index (χ0n) is 13.1. The molecule has 1 aromatic carbocycles. The summed E-state index contributed by atoms with van der Waals surface area (Å²) >= 11 is 0. The van der Waals surface area contributed by atoms with E-state index in [1.165, 1.54) is 36.9 Å². The molecule has 0 radical (unpaired) electrons. The Bertz CT molecular complexity index is 550. The molecule has 2 unspecified atom stereocenters. The normalized spacial score (nSPS) is 31.2. The quantitative estimate of drug-likeness (QED) is 0.928. The van der Waals surface area contributed by atoms with Crippen molar-refractivity contribution in [3.8, 4) is 5.75 Å². The molecule has 0 spiro atoms. The van der Waals surface area contributed by atoms with Crippen LogP contribution in [0.5, 0.6) is 5.75 Å². The Morgan fingerprint density at radius 1 is 1.29 bits per heavy atom. The molecule has 1 aromatic rings. The Hall–Kier alpha value is -1.06. The standard InChI is InChI=1S/C18H26N2O/c1-18(2)10-12-4-3-5-15(17(12)21-18)16-13(11-19)8-9-20(16)14-6-7-14/h3-5,13-14,16H,6-11,19H2,1-2H3. The molecule has 2 fully saturated rings. The average Bonchev–Trinajstić information content (AvgIpc) is 3.11. The van der Waals surface area contributed by atoms with Gasteiger partial charge in [-0.3, -0.25) is 4.90 Å². The second-order valence-electron chi connectivity index (χ2n) is 7.57. The average molecular weight is 286 g/mol. The lowest BCUT2D eigenvalue weighted by Crippen LogP contribution is -2.30. The number of fused-ring (bicyclic) bond motifs is 1. The lowest BCUT2D eigenvalue weighted by Gasteiger charge is -2.30. The van der Waals surface area contributed by atoms with Crippen LogP contribution in [-0.4, -0.2) is 29.6 Å². The molecule has 2 aliphatic heterocycles. The summed E-state index contributed by atoms with van der Waals surface area (Å²) < 4.78 is 6.31. The summed E-state index contributed by atoms with van der Waals surface area (Å²) in [5.74, 6) is 1.72. The van der Waals surface area contributed by atoms with Crippen molar-refractivity contribution in [2.45, 2.75) is 57.2 Å². The van der Waals surface area contributed by atoms with Crippen LogP contribution in [0, 0.1) is 5.92 Å². The molecule has 0 aromatic heterocycles. The minimum atomic E-state index is -0.0698. The van der Waals surface area contributed by atoms with E-state index < -0.39 is 0 Å². The molecule has 1 aliphatic carbocycles. The van der Waals surface area contributed by atoms with Crippen molar-refractivity contribution in [1.29, 1.82) is 0 Å². The zero-order valence-corrected chi connectivity index (χ0v) is 13.1. The van der Waals surface area contributed by atoms with Crippen LogP contribution in [0.25, 0.3) is 0 Å². The highest BCUT2D eigenvalue weighted by atomic mass is 16.5. The van der Waals surface area contributed by atoms with Crippen molar-refractivity contribution in [3.05, 3.63) is 29.3 Å². The van der Waals surface area contributed by atoms with Crippen molar-refractivity contribution in [3.63, 3.8) is 0 Å². The highest BCUT2D eigenvalue weighted by Crippen LogP contribution is 2.49. The van der Waals surface area contributed by atoms with E-state index in [9.17, 15) is 0 Å². The van der Waals surface area contributed by atoms with E-state index in [1.807, 2.05) is 0 Å². The van der Waals surface area contributed by atoms with Crippen molar-refractivity contribution < 1.29 is 4.74 Å². The van der Waals surface area contributed by atoms with Gasteiger partial charge in [-0.25, -0.2) is 0 Å². The summed E-state index contributed by atoms with van der Waals surface area (Å²) in [5.41, 5.74) is 8.76.